The van der Waals surface area contributed by atoms with Gasteiger partial charge in [-0.3, -0.25) is 0 Å². The third-order valence-corrected chi connectivity index (χ3v) is 18.0. The molecule has 2 nitrogen and oxygen atoms in total. The average molecular weight is 987 g/mol. The molecule has 0 amide bonds. The third kappa shape index (κ3) is 6.49. The van der Waals surface area contributed by atoms with E-state index in [1.165, 1.54) is 133 Å². The van der Waals surface area contributed by atoms with Gasteiger partial charge in [0, 0.05) is 27.6 Å². The Morgan fingerprint density at radius 1 is 0.234 bits per heavy atom. The molecule has 0 saturated heterocycles. The van der Waals surface area contributed by atoms with Crippen LogP contribution in [0.4, 0.5) is 34.1 Å². The molecule has 0 spiro atoms. The highest BCUT2D eigenvalue weighted by Crippen LogP contribution is 2.57. The van der Waals surface area contributed by atoms with Crippen LogP contribution in [0.2, 0.25) is 0 Å². The number of nitrogens with zero attached hydrogens (tertiary/aromatic N) is 2. The van der Waals surface area contributed by atoms with Crippen LogP contribution in [0.1, 0.15) is 74.9 Å². The van der Waals surface area contributed by atoms with Gasteiger partial charge in [-0.15, -0.1) is 0 Å². The van der Waals surface area contributed by atoms with Crippen molar-refractivity contribution in [1.82, 2.24) is 0 Å². The molecule has 0 saturated carbocycles. The Kier molecular flexibility index (Phi) is 9.74. The molecule has 0 fully saturated rings. The fraction of sp³-hybridized carbons (Fsp3) is 0.120. The van der Waals surface area contributed by atoms with Crippen LogP contribution >= 0.6 is 0 Å². The van der Waals surface area contributed by atoms with Gasteiger partial charge < -0.3 is 9.80 Å². The summed E-state index contributed by atoms with van der Waals surface area (Å²) in [6.45, 7) is 14.3. The standard InChI is InChI=1S/C75H58N2/c1-73(2)61-27-13-12-26-54(61)55-39-36-48(44-66(55)73)71-57-40-37-50(77-69-34-20-16-30-64(69)75(5,6)65-31-17-21-35-70(65)77)46-60(57)72(56-43-42-51(47-22-8-7-9-23-47)52-24-10-11-25-53(52)56)58-41-38-49(45-59(58)71)76-67-32-18-14-28-62(67)74(3,4)63-29-15-19-33-68(63)76/h7-46H,1-6H3. The zero-order valence-electron chi connectivity index (χ0n) is 44.5. The van der Waals surface area contributed by atoms with E-state index in [1.807, 2.05) is 0 Å². The minimum Gasteiger partial charge on any atom is -0.310 e. The van der Waals surface area contributed by atoms with E-state index in [0.717, 1.165) is 11.4 Å². The van der Waals surface area contributed by atoms with Gasteiger partial charge in [0.05, 0.1) is 22.7 Å². The highest BCUT2D eigenvalue weighted by atomic mass is 15.2. The summed E-state index contributed by atoms with van der Waals surface area (Å²) >= 11 is 0. The summed E-state index contributed by atoms with van der Waals surface area (Å²) < 4.78 is 0. The number of anilines is 6. The number of benzene rings is 12. The summed E-state index contributed by atoms with van der Waals surface area (Å²) in [6, 6.07) is 91.8. The first-order valence-electron chi connectivity index (χ1n) is 27.3. The van der Waals surface area contributed by atoms with Crippen molar-refractivity contribution in [1.29, 1.82) is 0 Å². The molecule has 12 aromatic rings. The quantitative estimate of drug-likeness (QED) is 0.159. The molecular formula is C75H58N2. The van der Waals surface area contributed by atoms with E-state index in [4.69, 9.17) is 0 Å². The Hall–Kier alpha value is -8.98. The minimum absolute atomic E-state index is 0.178. The molecule has 2 heterocycles. The van der Waals surface area contributed by atoms with E-state index >= 15 is 0 Å². The lowest BCUT2D eigenvalue weighted by atomic mass is 9.73. The SMILES string of the molecule is CC1(C)c2ccccc2-c2ccc(-c3c4cc(N5c6ccccc6C(C)(C)c6ccccc65)ccc4c(-c4ccc(-c5ccccc5)c5ccccc45)c4cc(N5c6ccccc6C(C)(C)c6ccccc65)ccc34)cc21. The first kappa shape index (κ1) is 45.4. The molecule has 0 aromatic heterocycles. The van der Waals surface area contributed by atoms with Crippen molar-refractivity contribution in [2.75, 3.05) is 9.80 Å². The van der Waals surface area contributed by atoms with Crippen molar-refractivity contribution in [3.8, 4) is 44.5 Å². The summed E-state index contributed by atoms with van der Waals surface area (Å²) in [5, 5.41) is 7.34. The predicted molar refractivity (Wildman–Crippen MR) is 326 cm³/mol. The first-order valence-corrected chi connectivity index (χ1v) is 27.3. The lowest BCUT2D eigenvalue weighted by Gasteiger charge is -2.42. The lowest BCUT2D eigenvalue weighted by Crippen LogP contribution is -2.30. The maximum atomic E-state index is 2.53. The van der Waals surface area contributed by atoms with Crippen molar-refractivity contribution < 1.29 is 0 Å². The number of para-hydroxylation sites is 4. The van der Waals surface area contributed by atoms with Gasteiger partial charge in [0.15, 0.2) is 0 Å². The van der Waals surface area contributed by atoms with Crippen molar-refractivity contribution >= 4 is 66.4 Å². The molecule has 77 heavy (non-hydrogen) atoms. The fourth-order valence-electron chi connectivity index (χ4n) is 14.2. The first-order chi connectivity index (χ1) is 37.5. The van der Waals surface area contributed by atoms with Crippen LogP contribution < -0.4 is 9.80 Å². The molecule has 0 radical (unpaired) electrons. The monoisotopic (exact) mass is 986 g/mol. The maximum absolute atomic E-state index is 2.53. The van der Waals surface area contributed by atoms with Crippen LogP contribution in [0.3, 0.4) is 0 Å². The van der Waals surface area contributed by atoms with Crippen LogP contribution in [-0.4, -0.2) is 0 Å². The summed E-state index contributed by atoms with van der Waals surface area (Å²) in [5.41, 5.74) is 24.6. The highest BCUT2D eigenvalue weighted by molar-refractivity contribution is 6.25. The molecule has 2 aliphatic heterocycles. The highest BCUT2D eigenvalue weighted by Gasteiger charge is 2.40. The van der Waals surface area contributed by atoms with E-state index in [0.29, 0.717) is 0 Å². The molecule has 0 atom stereocenters. The molecule has 1 aliphatic carbocycles. The Bertz CT molecular complexity index is 4340. The molecule has 368 valence electrons. The Morgan fingerprint density at radius 3 is 1.17 bits per heavy atom. The molecule has 0 N–H and O–H groups in total. The third-order valence-electron chi connectivity index (χ3n) is 18.0. The zero-order chi connectivity index (χ0) is 52.0. The van der Waals surface area contributed by atoms with Crippen LogP contribution in [0, 0.1) is 0 Å². The number of rotatable bonds is 5. The molecule has 15 rings (SSSR count). The van der Waals surface area contributed by atoms with Gasteiger partial charge >= 0.3 is 0 Å². The van der Waals surface area contributed by atoms with Crippen LogP contribution in [-0.2, 0) is 16.2 Å². The number of hydrogen-bond donors (Lipinski definition) is 0. The van der Waals surface area contributed by atoms with Crippen LogP contribution in [0.15, 0.2) is 243 Å². The van der Waals surface area contributed by atoms with Gasteiger partial charge in [-0.2, -0.15) is 0 Å². The van der Waals surface area contributed by atoms with Crippen molar-refractivity contribution in [2.45, 2.75) is 57.8 Å². The summed E-state index contributed by atoms with van der Waals surface area (Å²) in [7, 11) is 0. The summed E-state index contributed by atoms with van der Waals surface area (Å²) in [6.07, 6.45) is 0. The molecular weight excluding hydrogens is 929 g/mol. The molecule has 2 heteroatoms. The predicted octanol–water partition coefficient (Wildman–Crippen LogP) is 20.7. The maximum Gasteiger partial charge on any atom is 0.0502 e. The second-order valence-electron chi connectivity index (χ2n) is 23.2. The van der Waals surface area contributed by atoms with E-state index in [-0.39, 0.29) is 16.2 Å². The van der Waals surface area contributed by atoms with E-state index in [9.17, 15) is 0 Å². The van der Waals surface area contributed by atoms with Crippen LogP contribution in [0.5, 0.6) is 0 Å². The van der Waals surface area contributed by atoms with E-state index in [2.05, 4.69) is 294 Å². The van der Waals surface area contributed by atoms with Gasteiger partial charge in [-0.25, -0.2) is 0 Å². The van der Waals surface area contributed by atoms with Gasteiger partial charge in [0.25, 0.3) is 0 Å². The number of hydrogen-bond acceptors (Lipinski definition) is 2. The van der Waals surface area contributed by atoms with E-state index in [1.54, 1.807) is 0 Å². The largest absolute Gasteiger partial charge is 0.310 e. The second kappa shape index (κ2) is 16.5. The lowest BCUT2D eigenvalue weighted by molar-refractivity contribution is 0.632. The van der Waals surface area contributed by atoms with Gasteiger partial charge in [-0.05, 0) is 165 Å². The molecule has 12 aromatic carbocycles. The van der Waals surface area contributed by atoms with Crippen molar-refractivity contribution in [3.63, 3.8) is 0 Å². The zero-order valence-corrected chi connectivity index (χ0v) is 44.5. The van der Waals surface area contributed by atoms with Crippen molar-refractivity contribution in [3.05, 3.63) is 276 Å². The second-order valence-corrected chi connectivity index (χ2v) is 23.2. The average Bonchev–Trinajstić information content (AvgIpc) is 3.85. The van der Waals surface area contributed by atoms with Crippen LogP contribution in [0.25, 0.3) is 76.8 Å². The fourth-order valence-corrected chi connectivity index (χ4v) is 14.2. The smallest absolute Gasteiger partial charge is 0.0502 e. The Morgan fingerprint density at radius 2 is 0.623 bits per heavy atom. The number of fused-ring (bicyclic) bond motifs is 10. The Balaban J connectivity index is 1.08. The van der Waals surface area contributed by atoms with Gasteiger partial charge in [-0.1, -0.05) is 230 Å². The van der Waals surface area contributed by atoms with Gasteiger partial charge in [0.1, 0.15) is 0 Å². The van der Waals surface area contributed by atoms with Gasteiger partial charge in [0.2, 0.25) is 0 Å². The van der Waals surface area contributed by atoms with Crippen molar-refractivity contribution in [2.24, 2.45) is 0 Å². The summed E-state index contributed by atoms with van der Waals surface area (Å²) in [4.78, 5) is 5.04. The Labute approximate surface area is 452 Å². The normalized spacial score (nSPS) is 15.1. The molecule has 0 unspecified atom stereocenters. The minimum atomic E-state index is -0.182. The molecule has 3 aliphatic rings. The molecule has 0 bridgehead atoms. The topological polar surface area (TPSA) is 6.48 Å². The van der Waals surface area contributed by atoms with E-state index < -0.39 is 0 Å². The summed E-state index contributed by atoms with van der Waals surface area (Å²) in [5.74, 6) is 0.